The van der Waals surface area contributed by atoms with Gasteiger partial charge in [0.05, 0.1) is 11.1 Å². The van der Waals surface area contributed by atoms with Crippen LogP contribution in [0.5, 0.6) is 5.75 Å². The number of carbonyl (C=O) groups excluding carboxylic acids is 2. The Morgan fingerprint density at radius 2 is 1.89 bits per heavy atom. The molecule has 2 heterocycles. The molecule has 1 N–H and O–H groups in total. The molecule has 2 aromatic carbocycles. The molecule has 2 amide bonds. The van der Waals surface area contributed by atoms with Crippen molar-refractivity contribution in [2.45, 2.75) is 13.8 Å². The van der Waals surface area contributed by atoms with Gasteiger partial charge in [0.1, 0.15) is 11.3 Å². The summed E-state index contributed by atoms with van der Waals surface area (Å²) in [4.78, 5) is 38.3. The molecule has 3 aromatic rings. The molecule has 1 aliphatic rings. The van der Waals surface area contributed by atoms with Gasteiger partial charge in [0.15, 0.2) is 17.8 Å². The summed E-state index contributed by atoms with van der Waals surface area (Å²) in [5.74, 6) is -0.249. The summed E-state index contributed by atoms with van der Waals surface area (Å²) in [7, 11) is 1.64. The molecule has 0 unspecified atom stereocenters. The Kier molecular flexibility index (Phi) is 4.15. The molecular formula is C21H18N2O5. The Balaban J connectivity index is 1.69. The maximum Gasteiger partial charge on any atom is 0.291 e. The van der Waals surface area contributed by atoms with E-state index in [9.17, 15) is 14.4 Å². The smallest absolute Gasteiger partial charge is 0.291 e. The van der Waals surface area contributed by atoms with Crippen LogP contribution in [0.4, 0.5) is 11.4 Å². The number of hydrogen-bond donors (Lipinski definition) is 1. The van der Waals surface area contributed by atoms with Gasteiger partial charge in [-0.15, -0.1) is 0 Å². The fourth-order valence-electron chi connectivity index (χ4n) is 3.11. The first-order valence-electron chi connectivity index (χ1n) is 8.74. The highest BCUT2D eigenvalue weighted by Gasteiger charge is 2.23. The van der Waals surface area contributed by atoms with Gasteiger partial charge in [0.25, 0.3) is 11.8 Å². The molecular weight excluding hydrogens is 360 g/mol. The van der Waals surface area contributed by atoms with E-state index < -0.39 is 5.91 Å². The van der Waals surface area contributed by atoms with E-state index in [1.54, 1.807) is 31.3 Å². The Morgan fingerprint density at radius 3 is 2.68 bits per heavy atom. The van der Waals surface area contributed by atoms with Crippen LogP contribution in [0.25, 0.3) is 11.0 Å². The fraction of sp³-hybridized carbons (Fsp3) is 0.190. The molecule has 0 spiro atoms. The molecule has 0 radical (unpaired) electrons. The van der Waals surface area contributed by atoms with Crippen molar-refractivity contribution in [3.8, 4) is 5.75 Å². The van der Waals surface area contributed by atoms with Crippen molar-refractivity contribution in [2.24, 2.45) is 0 Å². The summed E-state index contributed by atoms with van der Waals surface area (Å²) >= 11 is 0. The number of nitrogens with zero attached hydrogens (tertiary/aromatic N) is 1. The van der Waals surface area contributed by atoms with Crippen LogP contribution >= 0.6 is 0 Å². The molecule has 0 saturated carbocycles. The number of likely N-dealkylation sites (N-methyl/N-ethyl adjacent to an activating group) is 1. The predicted molar refractivity (Wildman–Crippen MR) is 105 cm³/mol. The quantitative estimate of drug-likeness (QED) is 0.740. The molecule has 0 aliphatic carbocycles. The zero-order chi connectivity index (χ0) is 20.0. The van der Waals surface area contributed by atoms with Crippen molar-refractivity contribution in [3.05, 3.63) is 63.5 Å². The van der Waals surface area contributed by atoms with Crippen LogP contribution in [0.2, 0.25) is 0 Å². The lowest BCUT2D eigenvalue weighted by Crippen LogP contribution is -2.35. The topological polar surface area (TPSA) is 88.9 Å². The van der Waals surface area contributed by atoms with Crippen LogP contribution in [0, 0.1) is 13.8 Å². The highest BCUT2D eigenvalue weighted by Crippen LogP contribution is 2.33. The van der Waals surface area contributed by atoms with Crippen molar-refractivity contribution >= 4 is 34.2 Å². The maximum absolute atomic E-state index is 12.7. The van der Waals surface area contributed by atoms with Gasteiger partial charge in [-0.3, -0.25) is 14.4 Å². The lowest BCUT2D eigenvalue weighted by atomic mass is 10.1. The van der Waals surface area contributed by atoms with Gasteiger partial charge in [-0.25, -0.2) is 0 Å². The number of hydrogen-bond acceptors (Lipinski definition) is 5. The Bertz CT molecular complexity index is 1200. The number of aryl methyl sites for hydroxylation is 2. The number of ether oxygens (including phenoxy) is 1. The lowest BCUT2D eigenvalue weighted by Gasteiger charge is -2.26. The first-order valence-corrected chi connectivity index (χ1v) is 8.74. The van der Waals surface area contributed by atoms with E-state index in [0.717, 1.165) is 11.1 Å². The standard InChI is InChI=1S/C21H18N2O5/c1-11-4-6-14-16(24)9-18(28-20(14)12(11)2)21(26)22-13-5-7-17-15(8-13)23(3)19(25)10-27-17/h4-9H,10H2,1-3H3,(H,22,26). The third kappa shape index (κ3) is 2.90. The minimum Gasteiger partial charge on any atom is -0.482 e. The van der Waals surface area contributed by atoms with Gasteiger partial charge in [0.2, 0.25) is 0 Å². The number of nitrogens with one attached hydrogen (secondary N) is 1. The molecule has 7 heteroatoms. The molecule has 28 heavy (non-hydrogen) atoms. The Hall–Kier alpha value is -3.61. The summed E-state index contributed by atoms with van der Waals surface area (Å²) in [6.45, 7) is 3.74. The monoisotopic (exact) mass is 378 g/mol. The zero-order valence-corrected chi connectivity index (χ0v) is 15.7. The average molecular weight is 378 g/mol. The van der Waals surface area contributed by atoms with Crippen LogP contribution in [-0.2, 0) is 4.79 Å². The number of fused-ring (bicyclic) bond motifs is 2. The second-order valence-corrected chi connectivity index (χ2v) is 6.74. The molecule has 0 bridgehead atoms. The van der Waals surface area contributed by atoms with Crippen molar-refractivity contribution in [1.29, 1.82) is 0 Å². The van der Waals surface area contributed by atoms with Crippen LogP contribution in [0.3, 0.4) is 0 Å². The van der Waals surface area contributed by atoms with Gasteiger partial charge < -0.3 is 19.4 Å². The molecule has 0 saturated heterocycles. The van der Waals surface area contributed by atoms with Gasteiger partial charge in [-0.1, -0.05) is 6.07 Å². The summed E-state index contributed by atoms with van der Waals surface area (Å²) in [5, 5.41) is 3.14. The van der Waals surface area contributed by atoms with Gasteiger partial charge >= 0.3 is 0 Å². The fourth-order valence-corrected chi connectivity index (χ4v) is 3.11. The van der Waals surface area contributed by atoms with E-state index in [1.165, 1.54) is 11.0 Å². The zero-order valence-electron chi connectivity index (χ0n) is 15.7. The number of carbonyl (C=O) groups is 2. The van der Waals surface area contributed by atoms with Crippen LogP contribution in [0.15, 0.2) is 45.6 Å². The number of rotatable bonds is 2. The van der Waals surface area contributed by atoms with Crippen molar-refractivity contribution in [3.63, 3.8) is 0 Å². The van der Waals surface area contributed by atoms with E-state index in [4.69, 9.17) is 9.15 Å². The highest BCUT2D eigenvalue weighted by molar-refractivity contribution is 6.04. The predicted octanol–water partition coefficient (Wildman–Crippen LogP) is 3.02. The lowest BCUT2D eigenvalue weighted by molar-refractivity contribution is -0.120. The van der Waals surface area contributed by atoms with Gasteiger partial charge in [-0.05, 0) is 49.2 Å². The minimum absolute atomic E-state index is 0.0176. The summed E-state index contributed by atoms with van der Waals surface area (Å²) in [6, 6.07) is 9.71. The van der Waals surface area contributed by atoms with Crippen LogP contribution in [-0.4, -0.2) is 25.5 Å². The summed E-state index contributed by atoms with van der Waals surface area (Å²) in [6.07, 6.45) is 0. The van der Waals surface area contributed by atoms with Crippen molar-refractivity contribution in [1.82, 2.24) is 0 Å². The van der Waals surface area contributed by atoms with E-state index in [-0.39, 0.29) is 23.7 Å². The molecule has 1 aromatic heterocycles. The Morgan fingerprint density at radius 1 is 1.11 bits per heavy atom. The highest BCUT2D eigenvalue weighted by atomic mass is 16.5. The number of amides is 2. The number of benzene rings is 2. The van der Waals surface area contributed by atoms with Gasteiger partial charge in [-0.2, -0.15) is 0 Å². The summed E-state index contributed by atoms with van der Waals surface area (Å²) in [5.41, 5.74) is 2.92. The first kappa shape index (κ1) is 17.8. The second-order valence-electron chi connectivity index (χ2n) is 6.74. The van der Waals surface area contributed by atoms with E-state index >= 15 is 0 Å². The largest absolute Gasteiger partial charge is 0.482 e. The van der Waals surface area contributed by atoms with E-state index in [1.807, 2.05) is 19.9 Å². The minimum atomic E-state index is -0.550. The van der Waals surface area contributed by atoms with Crippen LogP contribution < -0.4 is 20.4 Å². The molecule has 7 nitrogen and oxygen atoms in total. The molecule has 142 valence electrons. The molecule has 4 rings (SSSR count). The second kappa shape index (κ2) is 6.53. The van der Waals surface area contributed by atoms with E-state index in [2.05, 4.69) is 5.32 Å². The summed E-state index contributed by atoms with van der Waals surface area (Å²) < 4.78 is 11.1. The van der Waals surface area contributed by atoms with Crippen molar-refractivity contribution < 1.29 is 18.7 Å². The average Bonchev–Trinajstić information content (AvgIpc) is 2.68. The maximum atomic E-state index is 12.7. The number of anilines is 2. The van der Waals surface area contributed by atoms with Crippen LogP contribution in [0.1, 0.15) is 21.7 Å². The third-order valence-electron chi connectivity index (χ3n) is 4.94. The van der Waals surface area contributed by atoms with Gasteiger partial charge in [0, 0.05) is 18.8 Å². The molecule has 0 fully saturated rings. The van der Waals surface area contributed by atoms with Crippen molar-refractivity contribution in [2.75, 3.05) is 23.9 Å². The molecule has 1 aliphatic heterocycles. The first-order chi connectivity index (χ1) is 13.3. The Labute approximate surface area is 160 Å². The SMILES string of the molecule is Cc1ccc2c(=O)cc(C(=O)Nc3ccc4c(c3)N(C)C(=O)CO4)oc2c1C. The normalized spacial score (nSPS) is 13.2. The van der Waals surface area contributed by atoms with E-state index in [0.29, 0.717) is 28.1 Å². The molecule has 0 atom stereocenters. The third-order valence-corrected chi connectivity index (χ3v) is 4.94.